The Hall–Kier alpha value is -3.71. The molecule has 1 fully saturated rings. The summed E-state index contributed by atoms with van der Waals surface area (Å²) in [6.07, 6.45) is 7.37. The van der Waals surface area contributed by atoms with Crippen LogP contribution in [0.4, 0.5) is 0 Å². The van der Waals surface area contributed by atoms with Crippen LogP contribution in [0.1, 0.15) is 67.9 Å². The Kier molecular flexibility index (Phi) is 10.1. The number of ether oxygens (including phenoxy) is 2. The molecule has 0 spiro atoms. The average molecular weight is 545 g/mol. The highest BCUT2D eigenvalue weighted by Gasteiger charge is 2.28. The topological polar surface area (TPSA) is 77.5 Å². The Morgan fingerprint density at radius 3 is 2.49 bits per heavy atom. The van der Waals surface area contributed by atoms with Crippen molar-refractivity contribution in [2.45, 2.75) is 59.1 Å². The maximum absolute atomic E-state index is 12.9. The number of hydrogen-bond acceptors (Lipinski definition) is 6. The van der Waals surface area contributed by atoms with Gasteiger partial charge in [0.2, 0.25) is 5.91 Å². The van der Waals surface area contributed by atoms with Gasteiger partial charge in [0.05, 0.1) is 18.3 Å². The minimum Gasteiger partial charge on any atom is -0.489 e. The first-order valence-electron chi connectivity index (χ1n) is 13.5. The standard InChI is InChI=1S/C32H36N2O4S/c1-4-37-32(36)23(3)17-22(2)18-27-21-39-31(33-27)29(34-30(35)26-11-8-12-26)19-24-13-15-28(16-14-24)38-20-25-9-6-5-7-10-25/h5-7,9-10,13-18,21,26,29H,4,8,11-12,19-20H2,1-3H3,(H,34,35)/b22-18+,23-17-/t29-/m0/s1. The number of benzene rings is 2. The van der Waals surface area contributed by atoms with Crippen LogP contribution in [0.3, 0.4) is 0 Å². The molecule has 1 heterocycles. The summed E-state index contributed by atoms with van der Waals surface area (Å²) >= 11 is 1.53. The molecule has 39 heavy (non-hydrogen) atoms. The second-order valence-electron chi connectivity index (χ2n) is 9.86. The van der Waals surface area contributed by atoms with E-state index in [1.165, 1.54) is 11.3 Å². The highest BCUT2D eigenvalue weighted by atomic mass is 32.1. The van der Waals surface area contributed by atoms with Gasteiger partial charge in [0, 0.05) is 16.9 Å². The van der Waals surface area contributed by atoms with Gasteiger partial charge in [-0.3, -0.25) is 4.79 Å². The first kappa shape index (κ1) is 28.3. The summed E-state index contributed by atoms with van der Waals surface area (Å²) in [5, 5.41) is 6.10. The van der Waals surface area contributed by atoms with Crippen molar-refractivity contribution in [3.63, 3.8) is 0 Å². The van der Waals surface area contributed by atoms with Gasteiger partial charge in [-0.25, -0.2) is 9.78 Å². The molecule has 7 heteroatoms. The van der Waals surface area contributed by atoms with Crippen LogP contribution >= 0.6 is 11.3 Å². The maximum atomic E-state index is 12.9. The van der Waals surface area contributed by atoms with Gasteiger partial charge in [0.25, 0.3) is 0 Å². The molecule has 3 aromatic rings. The Bertz CT molecular complexity index is 1310. The van der Waals surface area contributed by atoms with Gasteiger partial charge >= 0.3 is 5.97 Å². The third-order valence-corrected chi connectivity index (χ3v) is 7.64. The molecule has 0 unspecified atom stereocenters. The van der Waals surface area contributed by atoms with E-state index in [9.17, 15) is 9.59 Å². The molecule has 6 nitrogen and oxygen atoms in total. The van der Waals surface area contributed by atoms with E-state index < -0.39 is 0 Å². The van der Waals surface area contributed by atoms with Crippen LogP contribution in [0.5, 0.6) is 5.75 Å². The Labute approximate surface area is 234 Å². The quantitative estimate of drug-likeness (QED) is 0.154. The molecule has 0 bridgehead atoms. The van der Waals surface area contributed by atoms with E-state index in [-0.39, 0.29) is 23.8 Å². The number of amides is 1. The first-order chi connectivity index (χ1) is 18.9. The molecule has 1 atom stereocenters. The highest BCUT2D eigenvalue weighted by molar-refractivity contribution is 7.09. The Balaban J connectivity index is 1.45. The molecule has 0 saturated heterocycles. The lowest BCUT2D eigenvalue weighted by atomic mass is 9.84. The van der Waals surface area contributed by atoms with Crippen LogP contribution in [0.25, 0.3) is 6.08 Å². The fourth-order valence-electron chi connectivity index (χ4n) is 4.31. The zero-order valence-corrected chi connectivity index (χ0v) is 23.6. The number of rotatable bonds is 12. The summed E-state index contributed by atoms with van der Waals surface area (Å²) in [7, 11) is 0. The number of nitrogens with zero attached hydrogens (tertiary/aromatic N) is 1. The van der Waals surface area contributed by atoms with Crippen molar-refractivity contribution in [3.8, 4) is 5.75 Å². The number of esters is 1. The van der Waals surface area contributed by atoms with Crippen LogP contribution < -0.4 is 10.1 Å². The first-order valence-corrected chi connectivity index (χ1v) is 14.3. The van der Waals surface area contributed by atoms with E-state index in [2.05, 4.69) is 5.32 Å². The van der Waals surface area contributed by atoms with E-state index in [1.807, 2.05) is 73.0 Å². The summed E-state index contributed by atoms with van der Waals surface area (Å²) in [6.45, 7) is 6.33. The van der Waals surface area contributed by atoms with Gasteiger partial charge in [-0.1, -0.05) is 48.9 Å². The summed E-state index contributed by atoms with van der Waals surface area (Å²) in [5.74, 6) is 0.685. The second kappa shape index (κ2) is 13.9. The number of aromatic nitrogens is 1. The zero-order chi connectivity index (χ0) is 27.6. The molecule has 1 N–H and O–H groups in total. The van der Waals surface area contributed by atoms with E-state index in [4.69, 9.17) is 14.5 Å². The molecule has 0 aliphatic heterocycles. The third-order valence-electron chi connectivity index (χ3n) is 6.66. The second-order valence-corrected chi connectivity index (χ2v) is 10.7. The molecule has 2 aromatic carbocycles. The van der Waals surface area contributed by atoms with E-state index in [1.54, 1.807) is 19.9 Å². The number of allylic oxidation sites excluding steroid dienone is 2. The summed E-state index contributed by atoms with van der Waals surface area (Å²) in [4.78, 5) is 29.6. The van der Waals surface area contributed by atoms with Crippen molar-refractivity contribution < 1.29 is 19.1 Å². The van der Waals surface area contributed by atoms with E-state index in [0.29, 0.717) is 25.2 Å². The van der Waals surface area contributed by atoms with Crippen LogP contribution in [-0.4, -0.2) is 23.5 Å². The number of carbonyl (C=O) groups excluding carboxylic acids is 2. The molecule has 0 radical (unpaired) electrons. The van der Waals surface area contributed by atoms with Crippen LogP contribution in [-0.2, 0) is 27.4 Å². The normalized spacial score (nSPS) is 14.8. The van der Waals surface area contributed by atoms with Gasteiger partial charge in [-0.2, -0.15) is 0 Å². The lowest BCUT2D eigenvalue weighted by Gasteiger charge is -2.27. The SMILES string of the molecule is CCOC(=O)/C(C)=C\C(C)=C\c1csc([C@H](Cc2ccc(OCc3ccccc3)cc2)NC(=O)C2CCC2)n1. The number of nitrogens with one attached hydrogen (secondary N) is 1. The van der Waals surface area contributed by atoms with Crippen molar-refractivity contribution in [1.29, 1.82) is 0 Å². The van der Waals surface area contributed by atoms with Crippen molar-refractivity contribution in [1.82, 2.24) is 10.3 Å². The van der Waals surface area contributed by atoms with Gasteiger partial charge in [-0.05, 0) is 81.0 Å². The van der Waals surface area contributed by atoms with Crippen molar-refractivity contribution in [2.24, 2.45) is 5.92 Å². The predicted octanol–water partition coefficient (Wildman–Crippen LogP) is 6.83. The number of hydrogen-bond donors (Lipinski definition) is 1. The molecule has 1 amide bonds. The van der Waals surface area contributed by atoms with Gasteiger partial charge in [0.1, 0.15) is 17.4 Å². The Morgan fingerprint density at radius 2 is 1.82 bits per heavy atom. The molecular formula is C32H36N2O4S. The molecule has 1 aliphatic rings. The van der Waals surface area contributed by atoms with Crippen LogP contribution in [0, 0.1) is 5.92 Å². The van der Waals surface area contributed by atoms with Gasteiger partial charge in [-0.15, -0.1) is 11.3 Å². The lowest BCUT2D eigenvalue weighted by molar-refractivity contribution is -0.138. The molecule has 4 rings (SSSR count). The van der Waals surface area contributed by atoms with Gasteiger partial charge in [0.15, 0.2) is 0 Å². The fourth-order valence-corrected chi connectivity index (χ4v) is 5.13. The smallest absolute Gasteiger partial charge is 0.333 e. The molecule has 1 aromatic heterocycles. The monoisotopic (exact) mass is 544 g/mol. The number of carbonyl (C=O) groups is 2. The minimum absolute atomic E-state index is 0.0961. The highest BCUT2D eigenvalue weighted by Crippen LogP contribution is 2.29. The third kappa shape index (κ3) is 8.39. The predicted molar refractivity (Wildman–Crippen MR) is 155 cm³/mol. The maximum Gasteiger partial charge on any atom is 0.333 e. The zero-order valence-electron chi connectivity index (χ0n) is 22.8. The lowest BCUT2D eigenvalue weighted by Crippen LogP contribution is -2.37. The van der Waals surface area contributed by atoms with Crippen molar-refractivity contribution >= 4 is 29.3 Å². The van der Waals surface area contributed by atoms with Gasteiger partial charge < -0.3 is 14.8 Å². The van der Waals surface area contributed by atoms with Crippen molar-refractivity contribution in [3.05, 3.63) is 99.0 Å². The molecule has 204 valence electrons. The van der Waals surface area contributed by atoms with Crippen molar-refractivity contribution in [2.75, 3.05) is 6.61 Å². The molecular weight excluding hydrogens is 508 g/mol. The molecule has 1 aliphatic carbocycles. The summed E-state index contributed by atoms with van der Waals surface area (Å²) in [5.41, 5.74) is 4.46. The summed E-state index contributed by atoms with van der Waals surface area (Å²) in [6, 6.07) is 17.9. The minimum atomic E-state index is -0.320. The molecule has 1 saturated carbocycles. The van der Waals surface area contributed by atoms with Crippen LogP contribution in [0.2, 0.25) is 0 Å². The van der Waals surface area contributed by atoms with E-state index in [0.717, 1.165) is 52.4 Å². The fraction of sp³-hybridized carbons (Fsp3) is 0.344. The summed E-state index contributed by atoms with van der Waals surface area (Å²) < 4.78 is 11.0. The van der Waals surface area contributed by atoms with E-state index >= 15 is 0 Å². The largest absolute Gasteiger partial charge is 0.489 e. The van der Waals surface area contributed by atoms with Crippen LogP contribution in [0.15, 0.2) is 77.2 Å². The average Bonchev–Trinajstić information content (AvgIpc) is 3.35. The Morgan fingerprint density at radius 1 is 1.08 bits per heavy atom. The number of thiazole rings is 1.